The van der Waals surface area contributed by atoms with Gasteiger partial charge in [0.05, 0.1) is 25.0 Å². The minimum Gasteiger partial charge on any atom is -0.497 e. The van der Waals surface area contributed by atoms with Crippen molar-refractivity contribution in [3.63, 3.8) is 0 Å². The zero-order valence-electron chi connectivity index (χ0n) is 15.7. The maximum atomic E-state index is 12.7. The van der Waals surface area contributed by atoms with Crippen molar-refractivity contribution >= 4 is 17.6 Å². The van der Waals surface area contributed by atoms with Gasteiger partial charge in [-0.2, -0.15) is 5.10 Å². The summed E-state index contributed by atoms with van der Waals surface area (Å²) in [6.07, 6.45) is 4.80. The lowest BCUT2D eigenvalue weighted by molar-refractivity contribution is -0.158. The van der Waals surface area contributed by atoms with E-state index in [0.29, 0.717) is 12.2 Å². The molecule has 1 aromatic heterocycles. The van der Waals surface area contributed by atoms with Crippen LogP contribution in [0.25, 0.3) is 0 Å². The van der Waals surface area contributed by atoms with Gasteiger partial charge in [-0.05, 0) is 54.8 Å². The Morgan fingerprint density at radius 3 is 2.61 bits per heavy atom. The van der Waals surface area contributed by atoms with Crippen molar-refractivity contribution in [2.24, 2.45) is 11.0 Å². The smallest absolute Gasteiger partial charge is 0.309 e. The SMILES string of the molecule is COc1ccc(C2=NN(C(=O)COC(=O)C3CCC3)[C@@H](c3ccco3)C2)cc1. The third kappa shape index (κ3) is 3.65. The molecule has 1 fully saturated rings. The number of rotatable bonds is 6. The van der Waals surface area contributed by atoms with Gasteiger partial charge in [-0.25, -0.2) is 5.01 Å². The first-order valence-corrected chi connectivity index (χ1v) is 9.39. The van der Waals surface area contributed by atoms with Crippen LogP contribution in [0.1, 0.15) is 43.0 Å². The third-order valence-corrected chi connectivity index (χ3v) is 5.24. The first kappa shape index (κ1) is 18.3. The Hall–Kier alpha value is -3.09. The molecule has 1 aliphatic heterocycles. The molecule has 1 amide bonds. The maximum Gasteiger partial charge on any atom is 0.309 e. The molecule has 7 heteroatoms. The van der Waals surface area contributed by atoms with Crippen LogP contribution in [-0.4, -0.2) is 36.3 Å². The molecule has 1 atom stereocenters. The molecular weight excluding hydrogens is 360 g/mol. The van der Waals surface area contributed by atoms with Crippen molar-refractivity contribution in [3.05, 3.63) is 54.0 Å². The molecule has 7 nitrogen and oxygen atoms in total. The number of esters is 1. The number of hydrazone groups is 1. The van der Waals surface area contributed by atoms with Gasteiger partial charge in [-0.1, -0.05) is 6.42 Å². The second-order valence-electron chi connectivity index (χ2n) is 6.98. The van der Waals surface area contributed by atoms with Crippen LogP contribution in [-0.2, 0) is 14.3 Å². The molecule has 2 aromatic rings. The minimum absolute atomic E-state index is 0.0642. The summed E-state index contributed by atoms with van der Waals surface area (Å²) in [6.45, 7) is -0.314. The Labute approximate surface area is 162 Å². The maximum absolute atomic E-state index is 12.7. The molecule has 0 N–H and O–H groups in total. The van der Waals surface area contributed by atoms with Crippen LogP contribution in [0.4, 0.5) is 0 Å². The molecule has 2 aliphatic rings. The normalized spacial score (nSPS) is 19.1. The number of methoxy groups -OCH3 is 1. The van der Waals surface area contributed by atoms with Crippen LogP contribution in [0.15, 0.2) is 52.2 Å². The molecule has 0 bridgehead atoms. The van der Waals surface area contributed by atoms with Crippen molar-refractivity contribution in [2.45, 2.75) is 31.7 Å². The molecule has 0 spiro atoms. The van der Waals surface area contributed by atoms with E-state index in [1.165, 1.54) is 5.01 Å². The summed E-state index contributed by atoms with van der Waals surface area (Å²) in [7, 11) is 1.61. The molecule has 4 rings (SSSR count). The molecule has 1 aromatic carbocycles. The van der Waals surface area contributed by atoms with Gasteiger partial charge in [0.15, 0.2) is 6.61 Å². The Bertz CT molecular complexity index is 869. The standard InChI is InChI=1S/C21H22N2O5/c1-26-16-9-7-14(8-10-16)17-12-18(19-6-3-11-27-19)23(22-17)20(24)13-28-21(25)15-4-2-5-15/h3,6-11,15,18H,2,4-5,12-13H2,1H3/t18-/m1/s1. The van der Waals surface area contributed by atoms with E-state index in [0.717, 1.165) is 36.3 Å². The predicted octanol–water partition coefficient (Wildman–Crippen LogP) is 3.31. The zero-order chi connectivity index (χ0) is 19.5. The lowest BCUT2D eigenvalue weighted by Gasteiger charge is -2.24. The summed E-state index contributed by atoms with van der Waals surface area (Å²) in [4.78, 5) is 24.7. The van der Waals surface area contributed by atoms with Crippen LogP contribution in [0.5, 0.6) is 5.75 Å². The quantitative estimate of drug-likeness (QED) is 0.716. The number of amides is 1. The highest BCUT2D eigenvalue weighted by Gasteiger charge is 2.36. The van der Waals surface area contributed by atoms with Crippen LogP contribution in [0.2, 0.25) is 0 Å². The fourth-order valence-corrected chi connectivity index (χ4v) is 3.36. The van der Waals surface area contributed by atoms with E-state index >= 15 is 0 Å². The topological polar surface area (TPSA) is 81.3 Å². The molecule has 28 heavy (non-hydrogen) atoms. The summed E-state index contributed by atoms with van der Waals surface area (Å²) in [5.41, 5.74) is 1.67. The van der Waals surface area contributed by atoms with Gasteiger partial charge in [0.1, 0.15) is 17.6 Å². The van der Waals surface area contributed by atoms with E-state index in [4.69, 9.17) is 13.9 Å². The van der Waals surface area contributed by atoms with E-state index in [-0.39, 0.29) is 30.4 Å². The third-order valence-electron chi connectivity index (χ3n) is 5.24. The number of benzene rings is 1. The van der Waals surface area contributed by atoms with Crippen molar-refractivity contribution < 1.29 is 23.5 Å². The Morgan fingerprint density at radius 2 is 2.00 bits per heavy atom. The Kier molecular flexibility index (Phi) is 5.14. The van der Waals surface area contributed by atoms with E-state index in [1.54, 1.807) is 19.4 Å². The van der Waals surface area contributed by atoms with Crippen LogP contribution < -0.4 is 4.74 Å². The van der Waals surface area contributed by atoms with Gasteiger partial charge >= 0.3 is 5.97 Å². The van der Waals surface area contributed by atoms with E-state index in [2.05, 4.69) is 5.10 Å². The van der Waals surface area contributed by atoms with Crippen LogP contribution >= 0.6 is 0 Å². The highest BCUT2D eigenvalue weighted by Crippen LogP contribution is 2.33. The summed E-state index contributed by atoms with van der Waals surface area (Å²) in [5, 5.41) is 5.88. The van der Waals surface area contributed by atoms with Crippen molar-refractivity contribution in [2.75, 3.05) is 13.7 Å². The molecule has 0 radical (unpaired) electrons. The number of carbonyl (C=O) groups excluding carboxylic acids is 2. The first-order valence-electron chi connectivity index (χ1n) is 9.39. The fraction of sp³-hybridized carbons (Fsp3) is 0.381. The van der Waals surface area contributed by atoms with E-state index in [9.17, 15) is 9.59 Å². The minimum atomic E-state index is -0.363. The number of ether oxygens (including phenoxy) is 2. The van der Waals surface area contributed by atoms with Crippen LogP contribution in [0, 0.1) is 5.92 Å². The molecule has 1 aliphatic carbocycles. The number of carbonyl (C=O) groups is 2. The van der Waals surface area contributed by atoms with Gasteiger partial charge in [0, 0.05) is 6.42 Å². The second kappa shape index (κ2) is 7.88. The lowest BCUT2D eigenvalue weighted by Crippen LogP contribution is -2.33. The van der Waals surface area contributed by atoms with E-state index in [1.807, 2.05) is 30.3 Å². The number of furan rings is 1. The average Bonchev–Trinajstić information content (AvgIpc) is 3.34. The van der Waals surface area contributed by atoms with Gasteiger partial charge < -0.3 is 13.9 Å². The summed E-state index contributed by atoms with van der Waals surface area (Å²) in [5.74, 6) is 0.669. The molecule has 2 heterocycles. The van der Waals surface area contributed by atoms with Crippen molar-refractivity contribution in [1.82, 2.24) is 5.01 Å². The molecule has 146 valence electrons. The lowest BCUT2D eigenvalue weighted by atomic mass is 9.86. The first-order chi connectivity index (χ1) is 13.7. The van der Waals surface area contributed by atoms with Gasteiger partial charge in [-0.3, -0.25) is 9.59 Å². The van der Waals surface area contributed by atoms with Crippen molar-refractivity contribution in [3.8, 4) is 5.75 Å². The summed E-state index contributed by atoms with van der Waals surface area (Å²) in [6, 6.07) is 10.7. The molecule has 1 saturated carbocycles. The Morgan fingerprint density at radius 1 is 1.21 bits per heavy atom. The number of hydrogen-bond acceptors (Lipinski definition) is 6. The van der Waals surface area contributed by atoms with Gasteiger partial charge in [0.25, 0.3) is 5.91 Å². The average molecular weight is 382 g/mol. The largest absolute Gasteiger partial charge is 0.497 e. The molecular formula is C21H22N2O5. The van der Waals surface area contributed by atoms with Crippen molar-refractivity contribution in [1.29, 1.82) is 0 Å². The molecule has 0 saturated heterocycles. The zero-order valence-corrected chi connectivity index (χ0v) is 15.7. The second-order valence-corrected chi connectivity index (χ2v) is 6.98. The number of nitrogens with zero attached hydrogens (tertiary/aromatic N) is 2. The summed E-state index contributed by atoms with van der Waals surface area (Å²) < 4.78 is 15.9. The summed E-state index contributed by atoms with van der Waals surface area (Å²) >= 11 is 0. The van der Waals surface area contributed by atoms with Gasteiger partial charge in [-0.15, -0.1) is 0 Å². The predicted molar refractivity (Wildman–Crippen MR) is 101 cm³/mol. The Balaban J connectivity index is 1.50. The monoisotopic (exact) mass is 382 g/mol. The highest BCUT2D eigenvalue weighted by atomic mass is 16.5. The van der Waals surface area contributed by atoms with Crippen LogP contribution in [0.3, 0.4) is 0 Å². The fourth-order valence-electron chi connectivity index (χ4n) is 3.36. The van der Waals surface area contributed by atoms with Gasteiger partial charge in [0.2, 0.25) is 0 Å². The molecule has 0 unspecified atom stereocenters. The highest BCUT2D eigenvalue weighted by molar-refractivity contribution is 6.03. The van der Waals surface area contributed by atoms with E-state index < -0.39 is 0 Å². The number of hydrogen-bond donors (Lipinski definition) is 0.